The maximum atomic E-state index is 5.64. The zero-order valence-electron chi connectivity index (χ0n) is 9.89. The number of aromatic nitrogens is 1. The number of nitrogens with two attached hydrogens (primary N) is 1. The van der Waals surface area contributed by atoms with Crippen LogP contribution in [0.1, 0.15) is 16.5 Å². The molecule has 0 radical (unpaired) electrons. The predicted octanol–water partition coefficient (Wildman–Crippen LogP) is 2.66. The molecule has 6 heteroatoms. The average Bonchev–Trinajstić information content (AvgIpc) is 2.84. The molecule has 0 fully saturated rings. The van der Waals surface area contributed by atoms with Gasteiger partial charge in [-0.15, -0.1) is 11.3 Å². The van der Waals surface area contributed by atoms with Crippen molar-refractivity contribution in [2.45, 2.75) is 12.5 Å². The van der Waals surface area contributed by atoms with Crippen LogP contribution in [0.3, 0.4) is 0 Å². The third-order valence-electron chi connectivity index (χ3n) is 2.60. The molecule has 3 N–H and O–H groups in total. The molecule has 1 atom stereocenters. The lowest BCUT2D eigenvalue weighted by molar-refractivity contribution is 0.403. The zero-order valence-corrected chi connectivity index (χ0v) is 12.3. The van der Waals surface area contributed by atoms with Gasteiger partial charge in [0, 0.05) is 16.9 Å². The Balaban J connectivity index is 2.20. The quantitative estimate of drug-likeness (QED) is 0.654. The summed E-state index contributed by atoms with van der Waals surface area (Å²) in [5.74, 6) is 6.51. The first-order chi connectivity index (χ1) is 8.74. The molecule has 0 aliphatic heterocycles. The van der Waals surface area contributed by atoms with Gasteiger partial charge in [-0.2, -0.15) is 0 Å². The lowest BCUT2D eigenvalue weighted by Crippen LogP contribution is -2.29. The van der Waals surface area contributed by atoms with Gasteiger partial charge in [0.1, 0.15) is 5.75 Å². The number of thiophene rings is 1. The fourth-order valence-electron chi connectivity index (χ4n) is 1.76. The monoisotopic (exact) mass is 327 g/mol. The molecule has 18 heavy (non-hydrogen) atoms. The van der Waals surface area contributed by atoms with Gasteiger partial charge in [-0.05, 0) is 45.4 Å². The second-order valence-corrected chi connectivity index (χ2v) is 5.65. The number of nitrogens with one attached hydrogen (secondary N) is 1. The van der Waals surface area contributed by atoms with Crippen molar-refractivity contribution in [1.29, 1.82) is 0 Å². The van der Waals surface area contributed by atoms with E-state index in [9.17, 15) is 0 Å². The van der Waals surface area contributed by atoms with E-state index in [-0.39, 0.29) is 6.04 Å². The molecule has 2 heterocycles. The third kappa shape index (κ3) is 3.08. The second-order valence-electron chi connectivity index (χ2n) is 3.79. The SMILES string of the molecule is COc1ccsc1C(Cc1cncc(Br)c1)NN. The minimum absolute atomic E-state index is 0.0241. The van der Waals surface area contributed by atoms with E-state index >= 15 is 0 Å². The van der Waals surface area contributed by atoms with Crippen LogP contribution >= 0.6 is 27.3 Å². The largest absolute Gasteiger partial charge is 0.496 e. The number of hydrogen-bond donors (Lipinski definition) is 2. The normalized spacial score (nSPS) is 12.4. The van der Waals surface area contributed by atoms with Crippen LogP contribution in [-0.4, -0.2) is 12.1 Å². The maximum absolute atomic E-state index is 5.64. The highest BCUT2D eigenvalue weighted by Crippen LogP contribution is 2.32. The Bertz CT molecular complexity index is 518. The average molecular weight is 328 g/mol. The fraction of sp³-hybridized carbons (Fsp3) is 0.250. The van der Waals surface area contributed by atoms with Gasteiger partial charge in [-0.1, -0.05) is 0 Å². The molecular weight excluding hydrogens is 314 g/mol. The van der Waals surface area contributed by atoms with E-state index in [1.807, 2.05) is 23.7 Å². The number of rotatable bonds is 5. The summed E-state index contributed by atoms with van der Waals surface area (Å²) in [4.78, 5) is 5.25. The molecule has 0 spiro atoms. The Labute approximate surface area is 118 Å². The Kier molecular flexibility index (Phi) is 4.71. The molecule has 0 aliphatic carbocycles. The van der Waals surface area contributed by atoms with Crippen molar-refractivity contribution in [3.05, 3.63) is 44.8 Å². The molecule has 0 bridgehead atoms. The molecule has 0 saturated carbocycles. The summed E-state index contributed by atoms with van der Waals surface area (Å²) in [6.07, 6.45) is 4.37. The highest BCUT2D eigenvalue weighted by Gasteiger charge is 2.17. The van der Waals surface area contributed by atoms with Crippen LogP contribution < -0.4 is 16.0 Å². The topological polar surface area (TPSA) is 60.2 Å². The molecule has 0 aromatic carbocycles. The van der Waals surface area contributed by atoms with Crippen molar-refractivity contribution in [2.24, 2.45) is 5.84 Å². The Hall–Kier alpha value is -0.950. The molecule has 2 aromatic heterocycles. The Morgan fingerprint density at radius 2 is 2.39 bits per heavy atom. The third-order valence-corrected chi connectivity index (χ3v) is 4.04. The van der Waals surface area contributed by atoms with Crippen molar-refractivity contribution in [3.8, 4) is 5.75 Å². The van der Waals surface area contributed by atoms with Crippen LogP contribution in [0, 0.1) is 0 Å². The summed E-state index contributed by atoms with van der Waals surface area (Å²) in [7, 11) is 1.67. The first-order valence-corrected chi connectivity index (χ1v) is 7.08. The van der Waals surface area contributed by atoms with Crippen molar-refractivity contribution in [3.63, 3.8) is 0 Å². The van der Waals surface area contributed by atoms with E-state index in [1.54, 1.807) is 24.6 Å². The molecular formula is C12H14BrN3OS. The minimum atomic E-state index is 0.0241. The zero-order chi connectivity index (χ0) is 13.0. The van der Waals surface area contributed by atoms with E-state index in [4.69, 9.17) is 10.6 Å². The number of halogens is 1. The van der Waals surface area contributed by atoms with E-state index in [1.165, 1.54) is 0 Å². The van der Waals surface area contributed by atoms with Gasteiger partial charge in [0.2, 0.25) is 0 Å². The van der Waals surface area contributed by atoms with Gasteiger partial charge in [0.05, 0.1) is 18.0 Å². The Morgan fingerprint density at radius 3 is 3.06 bits per heavy atom. The van der Waals surface area contributed by atoms with Gasteiger partial charge >= 0.3 is 0 Å². The van der Waals surface area contributed by atoms with E-state index in [2.05, 4.69) is 26.3 Å². The number of pyridine rings is 1. The molecule has 1 unspecified atom stereocenters. The van der Waals surface area contributed by atoms with Gasteiger partial charge < -0.3 is 4.74 Å². The van der Waals surface area contributed by atoms with Gasteiger partial charge in [-0.3, -0.25) is 16.3 Å². The van der Waals surface area contributed by atoms with Crippen molar-refractivity contribution < 1.29 is 4.74 Å². The highest BCUT2D eigenvalue weighted by atomic mass is 79.9. The highest BCUT2D eigenvalue weighted by molar-refractivity contribution is 9.10. The van der Waals surface area contributed by atoms with Gasteiger partial charge in [0.15, 0.2) is 0 Å². The summed E-state index contributed by atoms with van der Waals surface area (Å²) in [6.45, 7) is 0. The number of nitrogens with zero attached hydrogens (tertiary/aromatic N) is 1. The molecule has 0 saturated heterocycles. The Morgan fingerprint density at radius 1 is 1.56 bits per heavy atom. The first kappa shape index (κ1) is 13.5. The predicted molar refractivity (Wildman–Crippen MR) is 76.6 cm³/mol. The summed E-state index contributed by atoms with van der Waals surface area (Å²) >= 11 is 5.05. The summed E-state index contributed by atoms with van der Waals surface area (Å²) in [6, 6.07) is 4.01. The molecule has 2 aromatic rings. The number of ether oxygens (including phenoxy) is 1. The van der Waals surface area contributed by atoms with E-state index < -0.39 is 0 Å². The fourth-order valence-corrected chi connectivity index (χ4v) is 3.10. The lowest BCUT2D eigenvalue weighted by atomic mass is 10.1. The minimum Gasteiger partial charge on any atom is -0.496 e. The summed E-state index contributed by atoms with van der Waals surface area (Å²) in [5.41, 5.74) is 3.95. The van der Waals surface area contributed by atoms with Gasteiger partial charge in [-0.25, -0.2) is 0 Å². The molecule has 96 valence electrons. The smallest absolute Gasteiger partial charge is 0.134 e. The van der Waals surface area contributed by atoms with Crippen LogP contribution in [0.4, 0.5) is 0 Å². The van der Waals surface area contributed by atoms with Crippen molar-refractivity contribution >= 4 is 27.3 Å². The maximum Gasteiger partial charge on any atom is 0.134 e. The van der Waals surface area contributed by atoms with Crippen LogP contribution in [0.25, 0.3) is 0 Å². The first-order valence-electron chi connectivity index (χ1n) is 5.41. The van der Waals surface area contributed by atoms with Crippen LogP contribution in [0.5, 0.6) is 5.75 Å². The molecule has 0 aliphatic rings. The lowest BCUT2D eigenvalue weighted by Gasteiger charge is -2.16. The summed E-state index contributed by atoms with van der Waals surface area (Å²) in [5, 5.41) is 2.00. The van der Waals surface area contributed by atoms with E-state index in [0.717, 1.165) is 27.1 Å². The molecule has 4 nitrogen and oxygen atoms in total. The standard InChI is InChI=1S/C12H14BrN3OS/c1-17-11-2-3-18-12(11)10(16-14)5-8-4-9(13)7-15-6-8/h2-4,6-7,10,16H,5,14H2,1H3. The van der Waals surface area contributed by atoms with Crippen molar-refractivity contribution in [1.82, 2.24) is 10.4 Å². The molecule has 0 amide bonds. The molecule has 2 rings (SSSR count). The van der Waals surface area contributed by atoms with Crippen LogP contribution in [0.2, 0.25) is 0 Å². The number of methoxy groups -OCH3 is 1. The van der Waals surface area contributed by atoms with Crippen molar-refractivity contribution in [2.75, 3.05) is 7.11 Å². The van der Waals surface area contributed by atoms with Crippen LogP contribution in [0.15, 0.2) is 34.4 Å². The van der Waals surface area contributed by atoms with Crippen LogP contribution in [-0.2, 0) is 6.42 Å². The second kappa shape index (κ2) is 6.29. The van der Waals surface area contributed by atoms with Gasteiger partial charge in [0.25, 0.3) is 0 Å². The summed E-state index contributed by atoms with van der Waals surface area (Å²) < 4.78 is 6.29. The number of hydrazine groups is 1. The van der Waals surface area contributed by atoms with E-state index in [0.29, 0.717) is 0 Å². The number of hydrogen-bond acceptors (Lipinski definition) is 5.